The SMILES string of the molecule is Cn1c[n+](Cn2c(=O)oc(=O)c3ccccc32)cn1. The molecule has 7 nitrogen and oxygen atoms in total. The Labute approximate surface area is 106 Å². The summed E-state index contributed by atoms with van der Waals surface area (Å²) in [6.45, 7) is 0.233. The Kier molecular flexibility index (Phi) is 2.52. The molecule has 0 aliphatic carbocycles. The van der Waals surface area contributed by atoms with Gasteiger partial charge in [0.2, 0.25) is 6.33 Å². The van der Waals surface area contributed by atoms with Crippen molar-refractivity contribution < 1.29 is 8.98 Å². The maximum absolute atomic E-state index is 11.8. The van der Waals surface area contributed by atoms with Crippen molar-refractivity contribution in [2.24, 2.45) is 7.05 Å². The van der Waals surface area contributed by atoms with Crippen molar-refractivity contribution in [2.75, 3.05) is 0 Å². The summed E-state index contributed by atoms with van der Waals surface area (Å²) in [6, 6.07) is 6.84. The smallest absolute Gasteiger partial charge is 0.372 e. The van der Waals surface area contributed by atoms with Crippen LogP contribution in [0.1, 0.15) is 0 Å². The molecular formula is C12H11N4O3+. The first-order valence-electron chi connectivity index (χ1n) is 5.65. The van der Waals surface area contributed by atoms with E-state index in [1.165, 1.54) is 4.57 Å². The second-order valence-corrected chi connectivity index (χ2v) is 4.18. The van der Waals surface area contributed by atoms with Crippen molar-refractivity contribution in [1.82, 2.24) is 14.3 Å². The van der Waals surface area contributed by atoms with Gasteiger partial charge in [-0.05, 0) is 12.1 Å². The monoisotopic (exact) mass is 259 g/mol. The van der Waals surface area contributed by atoms with E-state index in [4.69, 9.17) is 4.42 Å². The number of rotatable bonds is 2. The number of hydrogen-bond acceptors (Lipinski definition) is 4. The Morgan fingerprint density at radius 2 is 2.11 bits per heavy atom. The quantitative estimate of drug-likeness (QED) is 0.580. The fourth-order valence-corrected chi connectivity index (χ4v) is 1.96. The number of benzene rings is 1. The number of para-hydroxylation sites is 1. The van der Waals surface area contributed by atoms with Gasteiger partial charge >= 0.3 is 11.4 Å². The Hall–Kier alpha value is -2.70. The van der Waals surface area contributed by atoms with Gasteiger partial charge in [-0.3, -0.25) is 0 Å². The van der Waals surface area contributed by atoms with Crippen LogP contribution in [0.15, 0.2) is 50.9 Å². The highest BCUT2D eigenvalue weighted by Crippen LogP contribution is 2.06. The molecule has 96 valence electrons. The molecule has 0 radical (unpaired) electrons. The molecule has 1 aromatic carbocycles. The van der Waals surface area contributed by atoms with Gasteiger partial charge in [0.05, 0.1) is 18.0 Å². The van der Waals surface area contributed by atoms with Crippen LogP contribution in [0.2, 0.25) is 0 Å². The van der Waals surface area contributed by atoms with Crippen molar-refractivity contribution in [1.29, 1.82) is 0 Å². The maximum Gasteiger partial charge on any atom is 0.424 e. The molecule has 0 amide bonds. The van der Waals surface area contributed by atoms with Gasteiger partial charge in [0.25, 0.3) is 6.33 Å². The zero-order valence-corrected chi connectivity index (χ0v) is 10.2. The molecule has 19 heavy (non-hydrogen) atoms. The number of hydrogen-bond donors (Lipinski definition) is 0. The van der Waals surface area contributed by atoms with E-state index in [0.717, 1.165) is 0 Å². The third-order valence-electron chi connectivity index (χ3n) is 2.82. The van der Waals surface area contributed by atoms with E-state index in [1.807, 2.05) is 0 Å². The molecule has 0 N–H and O–H groups in total. The lowest BCUT2D eigenvalue weighted by Crippen LogP contribution is -2.40. The summed E-state index contributed by atoms with van der Waals surface area (Å²) in [5.41, 5.74) is -0.0758. The highest BCUT2D eigenvalue weighted by atomic mass is 16.4. The van der Waals surface area contributed by atoms with Crippen LogP contribution < -0.4 is 15.9 Å². The minimum absolute atomic E-state index is 0.233. The highest BCUT2D eigenvalue weighted by molar-refractivity contribution is 5.77. The lowest BCUT2D eigenvalue weighted by molar-refractivity contribution is -0.702. The van der Waals surface area contributed by atoms with Gasteiger partial charge < -0.3 is 4.42 Å². The van der Waals surface area contributed by atoms with Gasteiger partial charge in [-0.2, -0.15) is 0 Å². The molecule has 0 aliphatic rings. The predicted octanol–water partition coefficient (Wildman–Crippen LogP) is -0.519. The van der Waals surface area contributed by atoms with Crippen LogP contribution in [0.4, 0.5) is 0 Å². The number of aryl methyl sites for hydroxylation is 1. The molecular weight excluding hydrogens is 248 g/mol. The normalized spacial score (nSPS) is 11.0. The summed E-state index contributed by atoms with van der Waals surface area (Å²) < 4.78 is 9.43. The van der Waals surface area contributed by atoms with Crippen LogP contribution in [0, 0.1) is 0 Å². The van der Waals surface area contributed by atoms with Gasteiger partial charge in [0, 0.05) is 5.10 Å². The van der Waals surface area contributed by atoms with Crippen molar-refractivity contribution >= 4 is 10.9 Å². The van der Waals surface area contributed by atoms with Crippen molar-refractivity contribution in [3.63, 3.8) is 0 Å². The third kappa shape index (κ3) is 1.95. The summed E-state index contributed by atoms with van der Waals surface area (Å²) in [5.74, 6) is -0.681. The van der Waals surface area contributed by atoms with Crippen LogP contribution in [0.25, 0.3) is 10.9 Å². The molecule has 0 fully saturated rings. The van der Waals surface area contributed by atoms with Crippen LogP contribution in [-0.4, -0.2) is 14.3 Å². The summed E-state index contributed by atoms with van der Waals surface area (Å²) >= 11 is 0. The van der Waals surface area contributed by atoms with Crippen LogP contribution >= 0.6 is 0 Å². The molecule has 0 aliphatic heterocycles. The van der Waals surface area contributed by atoms with Crippen LogP contribution in [0.3, 0.4) is 0 Å². The van der Waals surface area contributed by atoms with E-state index >= 15 is 0 Å². The molecule has 0 saturated heterocycles. The summed E-state index contributed by atoms with van der Waals surface area (Å²) in [4.78, 5) is 23.4. The van der Waals surface area contributed by atoms with Crippen molar-refractivity contribution in [3.8, 4) is 0 Å². The molecule has 0 saturated carbocycles. The fourth-order valence-electron chi connectivity index (χ4n) is 1.96. The third-order valence-corrected chi connectivity index (χ3v) is 2.82. The van der Waals surface area contributed by atoms with Gasteiger partial charge in [-0.25, -0.2) is 18.7 Å². The van der Waals surface area contributed by atoms with Crippen molar-refractivity contribution in [2.45, 2.75) is 6.67 Å². The molecule has 0 spiro atoms. The molecule has 2 aromatic heterocycles. The number of fused-ring (bicyclic) bond motifs is 1. The van der Waals surface area contributed by atoms with E-state index in [-0.39, 0.29) is 6.67 Å². The van der Waals surface area contributed by atoms with E-state index in [2.05, 4.69) is 5.10 Å². The van der Waals surface area contributed by atoms with E-state index in [1.54, 1.807) is 53.2 Å². The molecule has 3 rings (SSSR count). The molecule has 0 bridgehead atoms. The second kappa shape index (κ2) is 4.20. The topological polar surface area (TPSA) is 73.9 Å². The minimum atomic E-state index is -0.681. The van der Waals surface area contributed by atoms with Gasteiger partial charge in [-0.15, -0.1) is 4.68 Å². The first kappa shape index (κ1) is 11.4. The number of nitrogens with zero attached hydrogens (tertiary/aromatic N) is 4. The number of aromatic nitrogens is 4. The predicted molar refractivity (Wildman–Crippen MR) is 65.5 cm³/mol. The summed E-state index contributed by atoms with van der Waals surface area (Å²) in [5, 5.41) is 4.39. The highest BCUT2D eigenvalue weighted by Gasteiger charge is 2.11. The van der Waals surface area contributed by atoms with Crippen LogP contribution in [-0.2, 0) is 13.7 Å². The second-order valence-electron chi connectivity index (χ2n) is 4.18. The lowest BCUT2D eigenvalue weighted by atomic mass is 10.2. The lowest BCUT2D eigenvalue weighted by Gasteiger charge is -2.05. The summed E-state index contributed by atoms with van der Waals surface area (Å²) in [6.07, 6.45) is 3.32. The average molecular weight is 259 g/mol. The molecule has 2 heterocycles. The van der Waals surface area contributed by atoms with Crippen LogP contribution in [0.5, 0.6) is 0 Å². The Balaban J connectivity index is 2.23. The largest absolute Gasteiger partial charge is 0.424 e. The van der Waals surface area contributed by atoms with Crippen molar-refractivity contribution in [3.05, 3.63) is 57.9 Å². The molecule has 7 heteroatoms. The Morgan fingerprint density at radius 3 is 2.84 bits per heavy atom. The van der Waals surface area contributed by atoms with Gasteiger partial charge in [0.15, 0.2) is 6.67 Å². The zero-order chi connectivity index (χ0) is 13.4. The maximum atomic E-state index is 11.8. The van der Waals surface area contributed by atoms with Gasteiger partial charge in [0.1, 0.15) is 0 Å². The Morgan fingerprint density at radius 1 is 1.32 bits per heavy atom. The molecule has 3 aromatic rings. The van der Waals surface area contributed by atoms with E-state index < -0.39 is 11.4 Å². The minimum Gasteiger partial charge on any atom is -0.372 e. The first-order valence-corrected chi connectivity index (χ1v) is 5.65. The average Bonchev–Trinajstić information content (AvgIpc) is 2.80. The standard InChI is InChI=1S/C12H11N4O3/c1-14-7-15(6-13-14)8-16-10-5-3-2-4-9(10)11(17)19-12(16)18/h2-7H,8H2,1H3/q+1. The zero-order valence-electron chi connectivity index (χ0n) is 10.2. The Bertz CT molecular complexity index is 859. The van der Waals surface area contributed by atoms with Gasteiger partial charge in [-0.1, -0.05) is 12.1 Å². The molecule has 0 unspecified atom stereocenters. The molecule has 0 atom stereocenters. The fraction of sp³-hybridized carbons (Fsp3) is 0.167. The van der Waals surface area contributed by atoms with E-state index in [0.29, 0.717) is 10.9 Å². The summed E-state index contributed by atoms with van der Waals surface area (Å²) in [7, 11) is 1.78. The van der Waals surface area contributed by atoms with E-state index in [9.17, 15) is 9.59 Å². The first-order chi connectivity index (χ1) is 9.15.